The largest absolute Gasteiger partial charge is 0.370 e. The summed E-state index contributed by atoms with van der Waals surface area (Å²) < 4.78 is 26.3. The van der Waals surface area contributed by atoms with Crippen LogP contribution in [0.1, 0.15) is 12.5 Å². The molecular weight excluding hydrogens is 427 g/mol. The lowest BCUT2D eigenvalue weighted by Gasteiger charge is -2.19. The Morgan fingerprint density at radius 3 is 2.83 bits per heavy atom. The Morgan fingerprint density at radius 2 is 2.13 bits per heavy atom. The monoisotopic (exact) mass is 450 g/mol. The van der Waals surface area contributed by atoms with Crippen molar-refractivity contribution in [1.82, 2.24) is 5.32 Å². The topological polar surface area (TPSA) is 87.8 Å². The van der Waals surface area contributed by atoms with Crippen LogP contribution in [0.3, 0.4) is 0 Å². The van der Waals surface area contributed by atoms with Gasteiger partial charge in [0.15, 0.2) is 5.96 Å². The van der Waals surface area contributed by atoms with E-state index >= 15 is 0 Å². The fraction of sp³-hybridized carbons (Fsp3) is 0.400. The second-order valence-corrected chi connectivity index (χ2v) is 7.37. The fourth-order valence-corrected chi connectivity index (χ4v) is 3.72. The maximum Gasteiger partial charge on any atom is 0.236 e. The Labute approximate surface area is 154 Å². The first kappa shape index (κ1) is 19.8. The highest BCUT2D eigenvalue weighted by molar-refractivity contribution is 14.0. The van der Waals surface area contributed by atoms with Gasteiger partial charge in [-0.2, -0.15) is 0 Å². The summed E-state index contributed by atoms with van der Waals surface area (Å²) in [6.45, 7) is 6.75. The molecule has 0 radical (unpaired) electrons. The minimum atomic E-state index is -3.36. The Kier molecular flexibility index (Phi) is 7.33. The summed E-state index contributed by atoms with van der Waals surface area (Å²) in [5.41, 5.74) is 8.42. The molecule has 1 aromatic carbocycles. The molecule has 0 saturated carbocycles. The molecule has 1 aromatic rings. The van der Waals surface area contributed by atoms with E-state index in [9.17, 15) is 8.42 Å². The van der Waals surface area contributed by atoms with Crippen molar-refractivity contribution < 1.29 is 8.42 Å². The number of para-hydroxylation sites is 1. The zero-order chi connectivity index (χ0) is 16.2. The van der Waals surface area contributed by atoms with Crippen LogP contribution in [-0.4, -0.2) is 39.8 Å². The van der Waals surface area contributed by atoms with Gasteiger partial charge in [-0.25, -0.2) is 13.4 Å². The van der Waals surface area contributed by atoms with Crippen LogP contribution in [0.5, 0.6) is 0 Å². The maximum absolute atomic E-state index is 12.4. The number of nitrogens with one attached hydrogen (secondary N) is 1. The second kappa shape index (κ2) is 8.53. The van der Waals surface area contributed by atoms with Crippen LogP contribution in [0.2, 0.25) is 0 Å². The zero-order valence-corrected chi connectivity index (χ0v) is 16.3. The maximum atomic E-state index is 12.4. The minimum absolute atomic E-state index is 0. The molecule has 0 bridgehead atoms. The van der Waals surface area contributed by atoms with E-state index in [-0.39, 0.29) is 42.2 Å². The Balaban J connectivity index is 0.00000264. The van der Waals surface area contributed by atoms with Crippen LogP contribution in [0.15, 0.2) is 41.4 Å². The van der Waals surface area contributed by atoms with Gasteiger partial charge < -0.3 is 11.1 Å². The Hall–Kier alpha value is -1.29. The highest BCUT2D eigenvalue weighted by atomic mass is 127. The molecule has 6 nitrogen and oxygen atoms in total. The lowest BCUT2D eigenvalue weighted by atomic mass is 10.2. The van der Waals surface area contributed by atoms with Gasteiger partial charge in [0.2, 0.25) is 10.0 Å². The Morgan fingerprint density at radius 1 is 1.43 bits per heavy atom. The first-order chi connectivity index (χ1) is 10.4. The first-order valence-electron chi connectivity index (χ1n) is 7.16. The van der Waals surface area contributed by atoms with E-state index in [0.717, 1.165) is 23.2 Å². The van der Waals surface area contributed by atoms with Gasteiger partial charge in [-0.1, -0.05) is 30.4 Å². The van der Waals surface area contributed by atoms with Gasteiger partial charge >= 0.3 is 0 Å². The fourth-order valence-electron chi connectivity index (χ4n) is 2.29. The van der Waals surface area contributed by atoms with Crippen LogP contribution in [0, 0.1) is 0 Å². The third kappa shape index (κ3) is 5.38. The van der Waals surface area contributed by atoms with Crippen molar-refractivity contribution in [2.75, 3.05) is 29.7 Å². The summed E-state index contributed by atoms with van der Waals surface area (Å²) in [6, 6.07) is 7.59. The standard InChI is InChI=1S/C15H22N4O2S.HI/c1-12(2)11-18-15(16)17-8-10-22(20,21)19-9-7-13-5-3-4-6-14(13)19;/h3-6H,1,7-11H2,2H3,(H3,16,17,18);1H. The lowest BCUT2D eigenvalue weighted by molar-refractivity contribution is 0.591. The van der Waals surface area contributed by atoms with Gasteiger partial charge in [0, 0.05) is 13.1 Å². The van der Waals surface area contributed by atoms with E-state index in [1.807, 2.05) is 31.2 Å². The molecule has 1 aliphatic rings. The first-order valence-corrected chi connectivity index (χ1v) is 8.77. The molecule has 8 heteroatoms. The predicted molar refractivity (Wildman–Crippen MR) is 106 cm³/mol. The van der Waals surface area contributed by atoms with E-state index < -0.39 is 10.0 Å². The molecule has 0 fully saturated rings. The number of rotatable bonds is 6. The predicted octanol–water partition coefficient (Wildman–Crippen LogP) is 1.48. The van der Waals surface area contributed by atoms with Gasteiger partial charge in [-0.15, -0.1) is 24.0 Å². The molecule has 1 aliphatic heterocycles. The number of halogens is 1. The van der Waals surface area contributed by atoms with Crippen LogP contribution < -0.4 is 15.4 Å². The summed E-state index contributed by atoms with van der Waals surface area (Å²) in [5, 5.41) is 2.82. The van der Waals surface area contributed by atoms with Crippen molar-refractivity contribution in [3.8, 4) is 0 Å². The average molecular weight is 450 g/mol. The molecular formula is C15H23IN4O2S. The summed E-state index contributed by atoms with van der Waals surface area (Å²) in [7, 11) is -3.36. The SMILES string of the molecule is C=C(C)CN=C(N)NCCS(=O)(=O)N1CCc2ccccc21.I. The lowest BCUT2D eigenvalue weighted by Crippen LogP contribution is -2.39. The van der Waals surface area contributed by atoms with Crippen molar-refractivity contribution >= 4 is 45.6 Å². The van der Waals surface area contributed by atoms with Crippen molar-refractivity contribution in [2.24, 2.45) is 10.7 Å². The smallest absolute Gasteiger partial charge is 0.236 e. The van der Waals surface area contributed by atoms with E-state index in [2.05, 4.69) is 16.9 Å². The van der Waals surface area contributed by atoms with Crippen LogP contribution in [-0.2, 0) is 16.4 Å². The van der Waals surface area contributed by atoms with E-state index in [0.29, 0.717) is 13.1 Å². The van der Waals surface area contributed by atoms with E-state index in [1.165, 1.54) is 4.31 Å². The molecule has 0 atom stereocenters. The van der Waals surface area contributed by atoms with E-state index in [1.54, 1.807) is 0 Å². The van der Waals surface area contributed by atoms with Gasteiger partial charge in [0.05, 0.1) is 18.0 Å². The number of nitrogens with zero attached hydrogens (tertiary/aromatic N) is 2. The Bertz CT molecular complexity index is 688. The molecule has 1 heterocycles. The van der Waals surface area contributed by atoms with Gasteiger partial charge in [-0.05, 0) is 25.0 Å². The summed E-state index contributed by atoms with van der Waals surface area (Å²) in [5.74, 6) is 0.213. The zero-order valence-electron chi connectivity index (χ0n) is 13.2. The van der Waals surface area contributed by atoms with Crippen molar-refractivity contribution in [3.05, 3.63) is 42.0 Å². The van der Waals surface area contributed by atoms with Gasteiger partial charge in [0.1, 0.15) is 0 Å². The number of aliphatic imine (C=N–C) groups is 1. The number of sulfonamides is 1. The number of anilines is 1. The van der Waals surface area contributed by atoms with Crippen molar-refractivity contribution in [2.45, 2.75) is 13.3 Å². The number of hydrogen-bond donors (Lipinski definition) is 2. The van der Waals surface area contributed by atoms with Crippen LogP contribution in [0.4, 0.5) is 5.69 Å². The molecule has 0 amide bonds. The van der Waals surface area contributed by atoms with Crippen LogP contribution in [0.25, 0.3) is 0 Å². The highest BCUT2D eigenvalue weighted by Gasteiger charge is 2.28. The molecule has 128 valence electrons. The highest BCUT2D eigenvalue weighted by Crippen LogP contribution is 2.29. The molecule has 2 rings (SSSR count). The summed E-state index contributed by atoms with van der Waals surface area (Å²) >= 11 is 0. The quantitative estimate of drug-likeness (QED) is 0.298. The van der Waals surface area contributed by atoms with E-state index in [4.69, 9.17) is 5.73 Å². The minimum Gasteiger partial charge on any atom is -0.370 e. The molecule has 23 heavy (non-hydrogen) atoms. The van der Waals surface area contributed by atoms with Gasteiger partial charge in [0.25, 0.3) is 0 Å². The van der Waals surface area contributed by atoms with Crippen molar-refractivity contribution in [3.63, 3.8) is 0 Å². The number of nitrogens with two attached hydrogens (primary N) is 1. The number of guanidine groups is 1. The van der Waals surface area contributed by atoms with Crippen molar-refractivity contribution in [1.29, 1.82) is 0 Å². The average Bonchev–Trinajstić information content (AvgIpc) is 2.89. The third-order valence-corrected chi connectivity index (χ3v) is 5.14. The molecule has 0 spiro atoms. The van der Waals surface area contributed by atoms with Gasteiger partial charge in [-0.3, -0.25) is 4.31 Å². The summed E-state index contributed by atoms with van der Waals surface area (Å²) in [4.78, 5) is 4.05. The molecule has 0 unspecified atom stereocenters. The normalized spacial score (nSPS) is 14.1. The van der Waals surface area contributed by atoms with Crippen LogP contribution >= 0.6 is 24.0 Å². The molecule has 0 saturated heterocycles. The number of benzene rings is 1. The summed E-state index contributed by atoms with van der Waals surface area (Å²) in [6.07, 6.45) is 0.755. The molecule has 0 aliphatic carbocycles. The number of fused-ring (bicyclic) bond motifs is 1. The third-order valence-electron chi connectivity index (χ3n) is 3.37. The molecule has 3 N–H and O–H groups in total. The number of hydrogen-bond acceptors (Lipinski definition) is 3. The second-order valence-electron chi connectivity index (χ2n) is 5.35. The molecule has 0 aromatic heterocycles.